The SMILES string of the molecule is C=C(/C=C\C)OCCOCCOCCN. The van der Waals surface area contributed by atoms with Gasteiger partial charge in [-0.15, -0.1) is 0 Å². The predicted octanol–water partition coefficient (Wildman–Crippen LogP) is 1.08. The molecule has 0 bridgehead atoms. The summed E-state index contributed by atoms with van der Waals surface area (Å²) < 4.78 is 15.6. The van der Waals surface area contributed by atoms with Gasteiger partial charge in [-0.1, -0.05) is 12.7 Å². The summed E-state index contributed by atoms with van der Waals surface area (Å²) in [5.74, 6) is 0.653. The molecule has 88 valence electrons. The van der Waals surface area contributed by atoms with Crippen LogP contribution in [0.3, 0.4) is 0 Å². The first kappa shape index (κ1) is 14.2. The monoisotopic (exact) mass is 215 g/mol. The van der Waals surface area contributed by atoms with Crippen LogP contribution in [0.25, 0.3) is 0 Å². The summed E-state index contributed by atoms with van der Waals surface area (Å²) in [4.78, 5) is 0. The van der Waals surface area contributed by atoms with E-state index in [1.165, 1.54) is 0 Å². The molecule has 0 aromatic rings. The van der Waals surface area contributed by atoms with Crippen molar-refractivity contribution in [2.45, 2.75) is 6.92 Å². The van der Waals surface area contributed by atoms with Crippen LogP contribution in [0.15, 0.2) is 24.5 Å². The van der Waals surface area contributed by atoms with Crippen LogP contribution in [0.2, 0.25) is 0 Å². The molecule has 4 nitrogen and oxygen atoms in total. The Kier molecular flexibility index (Phi) is 10.6. The van der Waals surface area contributed by atoms with Crippen LogP contribution in [-0.4, -0.2) is 39.6 Å². The predicted molar refractivity (Wildman–Crippen MR) is 60.6 cm³/mol. The molecule has 0 aliphatic heterocycles. The second-order valence-electron chi connectivity index (χ2n) is 2.83. The molecular formula is C11H21NO3. The Bertz CT molecular complexity index is 181. The average molecular weight is 215 g/mol. The zero-order valence-electron chi connectivity index (χ0n) is 9.41. The van der Waals surface area contributed by atoms with E-state index in [-0.39, 0.29) is 0 Å². The zero-order chi connectivity index (χ0) is 11.4. The smallest absolute Gasteiger partial charge is 0.111 e. The van der Waals surface area contributed by atoms with E-state index >= 15 is 0 Å². The zero-order valence-corrected chi connectivity index (χ0v) is 9.41. The number of hydrogen-bond donors (Lipinski definition) is 1. The van der Waals surface area contributed by atoms with E-state index in [9.17, 15) is 0 Å². The van der Waals surface area contributed by atoms with E-state index in [4.69, 9.17) is 19.9 Å². The van der Waals surface area contributed by atoms with Crippen molar-refractivity contribution in [3.63, 3.8) is 0 Å². The molecule has 0 unspecified atom stereocenters. The number of ether oxygens (including phenoxy) is 3. The first-order valence-electron chi connectivity index (χ1n) is 5.11. The summed E-state index contributed by atoms with van der Waals surface area (Å²) >= 11 is 0. The van der Waals surface area contributed by atoms with Gasteiger partial charge in [-0.05, 0) is 13.0 Å². The second-order valence-corrected chi connectivity index (χ2v) is 2.83. The van der Waals surface area contributed by atoms with Crippen molar-refractivity contribution in [3.8, 4) is 0 Å². The first-order chi connectivity index (χ1) is 7.31. The fraction of sp³-hybridized carbons (Fsp3) is 0.636. The molecule has 0 spiro atoms. The number of nitrogens with two attached hydrogens (primary N) is 1. The molecule has 0 rings (SSSR count). The number of allylic oxidation sites excluding steroid dienone is 2. The van der Waals surface area contributed by atoms with E-state index in [2.05, 4.69) is 6.58 Å². The molecule has 15 heavy (non-hydrogen) atoms. The Hall–Kier alpha value is -0.840. The highest BCUT2D eigenvalue weighted by molar-refractivity contribution is 5.05. The minimum Gasteiger partial charge on any atom is -0.492 e. The maximum absolute atomic E-state index is 5.25. The van der Waals surface area contributed by atoms with Crippen LogP contribution in [0.5, 0.6) is 0 Å². The molecule has 0 aromatic carbocycles. The molecule has 4 heteroatoms. The Morgan fingerprint density at radius 2 is 1.73 bits per heavy atom. The fourth-order valence-corrected chi connectivity index (χ4v) is 0.871. The van der Waals surface area contributed by atoms with Gasteiger partial charge in [0.05, 0.1) is 26.4 Å². The van der Waals surface area contributed by atoms with Crippen LogP contribution in [0.4, 0.5) is 0 Å². The van der Waals surface area contributed by atoms with Crippen LogP contribution in [-0.2, 0) is 14.2 Å². The summed E-state index contributed by atoms with van der Waals surface area (Å²) in [5.41, 5.74) is 5.25. The summed E-state index contributed by atoms with van der Waals surface area (Å²) in [6, 6.07) is 0. The molecule has 0 aromatic heterocycles. The third kappa shape index (κ3) is 11.1. The maximum Gasteiger partial charge on any atom is 0.111 e. The van der Waals surface area contributed by atoms with Crippen molar-refractivity contribution in [1.82, 2.24) is 0 Å². The highest BCUT2D eigenvalue weighted by atomic mass is 16.5. The van der Waals surface area contributed by atoms with Crippen molar-refractivity contribution in [1.29, 1.82) is 0 Å². The van der Waals surface area contributed by atoms with Gasteiger partial charge in [0, 0.05) is 6.54 Å². The third-order valence-electron chi connectivity index (χ3n) is 1.50. The van der Waals surface area contributed by atoms with Gasteiger partial charge >= 0.3 is 0 Å². The largest absolute Gasteiger partial charge is 0.492 e. The molecule has 0 amide bonds. The van der Waals surface area contributed by atoms with E-state index in [1.807, 2.05) is 19.1 Å². The van der Waals surface area contributed by atoms with Crippen LogP contribution < -0.4 is 5.73 Å². The summed E-state index contributed by atoms with van der Waals surface area (Å²) in [6.07, 6.45) is 3.69. The third-order valence-corrected chi connectivity index (χ3v) is 1.50. The minimum atomic E-state index is 0.514. The number of rotatable bonds is 10. The van der Waals surface area contributed by atoms with Crippen LogP contribution in [0.1, 0.15) is 6.92 Å². The highest BCUT2D eigenvalue weighted by Crippen LogP contribution is 1.94. The molecule has 0 aliphatic carbocycles. The van der Waals surface area contributed by atoms with Gasteiger partial charge in [-0.25, -0.2) is 0 Å². The Balaban J connectivity index is 3.08. The topological polar surface area (TPSA) is 53.7 Å². The van der Waals surface area contributed by atoms with Crippen molar-refractivity contribution < 1.29 is 14.2 Å². The first-order valence-corrected chi connectivity index (χ1v) is 5.11. The van der Waals surface area contributed by atoms with Gasteiger partial charge in [0.25, 0.3) is 0 Å². The highest BCUT2D eigenvalue weighted by Gasteiger charge is 1.91. The Morgan fingerprint density at radius 3 is 2.33 bits per heavy atom. The Morgan fingerprint density at radius 1 is 1.13 bits per heavy atom. The molecule has 0 atom stereocenters. The second kappa shape index (κ2) is 11.2. The van der Waals surface area contributed by atoms with Crippen molar-refractivity contribution in [3.05, 3.63) is 24.5 Å². The Labute approximate surface area is 91.7 Å². The summed E-state index contributed by atoms with van der Waals surface area (Å²) in [6.45, 7) is 8.95. The molecule has 2 N–H and O–H groups in total. The number of hydrogen-bond acceptors (Lipinski definition) is 4. The lowest BCUT2D eigenvalue weighted by atomic mass is 10.5. The van der Waals surface area contributed by atoms with E-state index < -0.39 is 0 Å². The maximum atomic E-state index is 5.25. The molecule has 0 radical (unpaired) electrons. The van der Waals surface area contributed by atoms with E-state index in [0.29, 0.717) is 45.3 Å². The van der Waals surface area contributed by atoms with Gasteiger partial charge < -0.3 is 19.9 Å². The average Bonchev–Trinajstić information content (AvgIpc) is 2.22. The van der Waals surface area contributed by atoms with Crippen LogP contribution in [0, 0.1) is 0 Å². The van der Waals surface area contributed by atoms with E-state index in [0.717, 1.165) is 0 Å². The van der Waals surface area contributed by atoms with Gasteiger partial charge in [-0.3, -0.25) is 0 Å². The molecule has 0 heterocycles. The van der Waals surface area contributed by atoms with Gasteiger partial charge in [0.1, 0.15) is 12.4 Å². The fourth-order valence-electron chi connectivity index (χ4n) is 0.871. The summed E-state index contributed by atoms with van der Waals surface area (Å²) in [5, 5.41) is 0. The summed E-state index contributed by atoms with van der Waals surface area (Å²) in [7, 11) is 0. The van der Waals surface area contributed by atoms with Gasteiger partial charge in [0.15, 0.2) is 0 Å². The molecular weight excluding hydrogens is 194 g/mol. The van der Waals surface area contributed by atoms with Gasteiger partial charge in [0.2, 0.25) is 0 Å². The van der Waals surface area contributed by atoms with Gasteiger partial charge in [-0.2, -0.15) is 0 Å². The van der Waals surface area contributed by atoms with Crippen molar-refractivity contribution in [2.24, 2.45) is 5.73 Å². The molecule has 0 fully saturated rings. The van der Waals surface area contributed by atoms with Crippen LogP contribution >= 0.6 is 0 Å². The molecule has 0 saturated heterocycles. The minimum absolute atomic E-state index is 0.514. The lowest BCUT2D eigenvalue weighted by Crippen LogP contribution is -2.13. The van der Waals surface area contributed by atoms with Crippen molar-refractivity contribution >= 4 is 0 Å². The molecule has 0 aliphatic rings. The normalized spacial score (nSPS) is 10.8. The lowest BCUT2D eigenvalue weighted by Gasteiger charge is -2.06. The van der Waals surface area contributed by atoms with E-state index in [1.54, 1.807) is 0 Å². The lowest BCUT2D eigenvalue weighted by molar-refractivity contribution is 0.0304. The quantitative estimate of drug-likeness (QED) is 0.336. The molecule has 0 saturated carbocycles. The standard InChI is InChI=1S/C11H21NO3/c1-3-4-11(2)15-10-9-14-8-7-13-6-5-12/h3-4H,2,5-10,12H2,1H3/b4-3-. The van der Waals surface area contributed by atoms with Crippen molar-refractivity contribution in [2.75, 3.05) is 39.6 Å².